The van der Waals surface area contributed by atoms with E-state index in [1.54, 1.807) is 0 Å². The Balaban J connectivity index is 2.05. The SMILES string of the molecule is N#CC(CNc1ccc(Br)c(Cl)c1)c1ccccc1. The summed E-state index contributed by atoms with van der Waals surface area (Å²) < 4.78 is 0.861. The number of hydrogen-bond donors (Lipinski definition) is 1. The standard InChI is InChI=1S/C15H12BrClN2/c16-14-7-6-13(8-15(14)17)19-10-12(9-18)11-4-2-1-3-5-11/h1-8,12,19H,10H2. The summed E-state index contributed by atoms with van der Waals surface area (Å²) in [5, 5.41) is 13.1. The van der Waals surface area contributed by atoms with Crippen molar-refractivity contribution in [2.24, 2.45) is 0 Å². The van der Waals surface area contributed by atoms with E-state index >= 15 is 0 Å². The number of rotatable bonds is 4. The van der Waals surface area contributed by atoms with E-state index in [4.69, 9.17) is 11.6 Å². The van der Waals surface area contributed by atoms with Crippen molar-refractivity contribution in [3.05, 3.63) is 63.6 Å². The van der Waals surface area contributed by atoms with Crippen molar-refractivity contribution in [1.82, 2.24) is 0 Å². The molecule has 0 fully saturated rings. The van der Waals surface area contributed by atoms with Crippen LogP contribution in [-0.4, -0.2) is 6.54 Å². The minimum absolute atomic E-state index is 0.177. The van der Waals surface area contributed by atoms with Crippen LogP contribution in [0.1, 0.15) is 11.5 Å². The monoisotopic (exact) mass is 334 g/mol. The zero-order chi connectivity index (χ0) is 13.7. The van der Waals surface area contributed by atoms with Gasteiger partial charge in [-0.2, -0.15) is 5.26 Å². The average molecular weight is 336 g/mol. The van der Waals surface area contributed by atoms with Gasteiger partial charge in [0.2, 0.25) is 0 Å². The van der Waals surface area contributed by atoms with Crippen molar-refractivity contribution in [3.63, 3.8) is 0 Å². The highest BCUT2D eigenvalue weighted by molar-refractivity contribution is 9.10. The van der Waals surface area contributed by atoms with Gasteiger partial charge in [-0.15, -0.1) is 0 Å². The number of nitrogens with zero attached hydrogens (tertiary/aromatic N) is 1. The second-order valence-corrected chi connectivity index (χ2v) is 5.36. The Kier molecular flexibility index (Phi) is 4.84. The highest BCUT2D eigenvalue weighted by atomic mass is 79.9. The number of halogens is 2. The van der Waals surface area contributed by atoms with E-state index in [-0.39, 0.29) is 5.92 Å². The van der Waals surface area contributed by atoms with Crippen LogP contribution >= 0.6 is 27.5 Å². The van der Waals surface area contributed by atoms with Crippen LogP contribution in [0, 0.1) is 11.3 Å². The van der Waals surface area contributed by atoms with Crippen LogP contribution in [0.3, 0.4) is 0 Å². The second-order valence-electron chi connectivity index (χ2n) is 4.10. The molecule has 2 aromatic rings. The Morgan fingerprint density at radius 1 is 1.21 bits per heavy atom. The molecule has 1 atom stereocenters. The molecule has 2 aromatic carbocycles. The van der Waals surface area contributed by atoms with Crippen LogP contribution in [0.25, 0.3) is 0 Å². The molecule has 0 amide bonds. The molecule has 0 aliphatic heterocycles. The highest BCUT2D eigenvalue weighted by Gasteiger charge is 2.09. The second kappa shape index (κ2) is 6.60. The van der Waals surface area contributed by atoms with E-state index in [2.05, 4.69) is 27.3 Å². The van der Waals surface area contributed by atoms with E-state index in [9.17, 15) is 5.26 Å². The molecule has 0 aliphatic rings. The summed E-state index contributed by atoms with van der Waals surface area (Å²) in [7, 11) is 0. The van der Waals surface area contributed by atoms with E-state index in [1.165, 1.54) is 0 Å². The van der Waals surface area contributed by atoms with Gasteiger partial charge in [-0.05, 0) is 39.7 Å². The molecule has 0 saturated carbocycles. The Labute approximate surface area is 126 Å². The van der Waals surface area contributed by atoms with Crippen LogP contribution in [0.5, 0.6) is 0 Å². The highest BCUT2D eigenvalue weighted by Crippen LogP contribution is 2.26. The predicted octanol–water partition coefficient (Wildman–Crippen LogP) is 4.82. The van der Waals surface area contributed by atoms with Crippen molar-refractivity contribution in [1.29, 1.82) is 5.26 Å². The summed E-state index contributed by atoms with van der Waals surface area (Å²) in [6.07, 6.45) is 0. The van der Waals surface area contributed by atoms with Gasteiger partial charge in [-0.3, -0.25) is 0 Å². The average Bonchev–Trinajstić information content (AvgIpc) is 2.44. The van der Waals surface area contributed by atoms with Crippen LogP contribution in [0.15, 0.2) is 53.0 Å². The van der Waals surface area contributed by atoms with Crippen molar-refractivity contribution in [3.8, 4) is 6.07 Å². The van der Waals surface area contributed by atoms with Crippen LogP contribution in [0.4, 0.5) is 5.69 Å². The van der Waals surface area contributed by atoms with Crippen LogP contribution in [0.2, 0.25) is 5.02 Å². The number of benzene rings is 2. The van der Waals surface area contributed by atoms with Crippen molar-refractivity contribution in [2.45, 2.75) is 5.92 Å². The quantitative estimate of drug-likeness (QED) is 0.869. The number of anilines is 1. The maximum atomic E-state index is 9.23. The van der Waals surface area contributed by atoms with Crippen molar-refractivity contribution < 1.29 is 0 Å². The fraction of sp³-hybridized carbons (Fsp3) is 0.133. The van der Waals surface area contributed by atoms with E-state index in [0.29, 0.717) is 11.6 Å². The molecule has 4 heteroatoms. The van der Waals surface area contributed by atoms with E-state index in [0.717, 1.165) is 15.7 Å². The van der Waals surface area contributed by atoms with Gasteiger partial charge in [-0.1, -0.05) is 41.9 Å². The first-order valence-corrected chi connectivity index (χ1v) is 7.01. The predicted molar refractivity (Wildman–Crippen MR) is 82.4 cm³/mol. The zero-order valence-electron chi connectivity index (χ0n) is 10.1. The lowest BCUT2D eigenvalue weighted by Gasteiger charge is -2.12. The summed E-state index contributed by atoms with van der Waals surface area (Å²) in [6, 6.07) is 17.7. The lowest BCUT2D eigenvalue weighted by atomic mass is 10.0. The Morgan fingerprint density at radius 2 is 1.95 bits per heavy atom. The van der Waals surface area contributed by atoms with Gasteiger partial charge in [-0.25, -0.2) is 0 Å². The molecule has 96 valence electrons. The normalized spacial score (nSPS) is 11.6. The smallest absolute Gasteiger partial charge is 0.0885 e. The molecule has 0 heterocycles. The third-order valence-electron chi connectivity index (χ3n) is 2.79. The number of nitrogens with one attached hydrogen (secondary N) is 1. The maximum Gasteiger partial charge on any atom is 0.0885 e. The lowest BCUT2D eigenvalue weighted by Crippen LogP contribution is -2.11. The molecular weight excluding hydrogens is 324 g/mol. The number of nitriles is 1. The summed E-state index contributed by atoms with van der Waals surface area (Å²) >= 11 is 9.38. The first-order valence-electron chi connectivity index (χ1n) is 5.84. The summed E-state index contributed by atoms with van der Waals surface area (Å²) in [4.78, 5) is 0. The lowest BCUT2D eigenvalue weighted by molar-refractivity contribution is 0.901. The Bertz CT molecular complexity index is 593. The fourth-order valence-corrected chi connectivity index (χ4v) is 2.18. The van der Waals surface area contributed by atoms with Gasteiger partial charge in [0.1, 0.15) is 0 Å². The third-order valence-corrected chi connectivity index (χ3v) is 4.02. The Morgan fingerprint density at radius 3 is 2.58 bits per heavy atom. The minimum Gasteiger partial charge on any atom is -0.383 e. The van der Waals surface area contributed by atoms with Gasteiger partial charge >= 0.3 is 0 Å². The first kappa shape index (κ1) is 13.9. The topological polar surface area (TPSA) is 35.8 Å². The summed E-state index contributed by atoms with van der Waals surface area (Å²) in [5.74, 6) is -0.177. The molecule has 19 heavy (non-hydrogen) atoms. The largest absolute Gasteiger partial charge is 0.383 e. The van der Waals surface area contributed by atoms with Gasteiger partial charge in [0.05, 0.1) is 17.0 Å². The zero-order valence-corrected chi connectivity index (χ0v) is 12.4. The maximum absolute atomic E-state index is 9.23. The van der Waals surface area contributed by atoms with Gasteiger partial charge in [0.25, 0.3) is 0 Å². The van der Waals surface area contributed by atoms with Crippen molar-refractivity contribution in [2.75, 3.05) is 11.9 Å². The summed E-state index contributed by atoms with van der Waals surface area (Å²) in [5.41, 5.74) is 1.92. The molecule has 1 N–H and O–H groups in total. The molecule has 0 aliphatic carbocycles. The van der Waals surface area contributed by atoms with Crippen LogP contribution in [-0.2, 0) is 0 Å². The van der Waals surface area contributed by atoms with Crippen molar-refractivity contribution >= 4 is 33.2 Å². The molecular formula is C15H12BrClN2. The molecule has 0 radical (unpaired) electrons. The molecule has 0 saturated heterocycles. The van der Waals surface area contributed by atoms with Gasteiger partial charge in [0.15, 0.2) is 0 Å². The molecule has 1 unspecified atom stereocenters. The van der Waals surface area contributed by atoms with E-state index in [1.807, 2.05) is 48.5 Å². The molecule has 0 aromatic heterocycles. The van der Waals surface area contributed by atoms with Gasteiger partial charge in [0, 0.05) is 16.7 Å². The minimum atomic E-state index is -0.177. The van der Waals surface area contributed by atoms with E-state index < -0.39 is 0 Å². The Hall–Kier alpha value is -1.50. The third kappa shape index (κ3) is 3.73. The molecule has 0 bridgehead atoms. The molecule has 0 spiro atoms. The first-order chi connectivity index (χ1) is 9.20. The van der Waals surface area contributed by atoms with Gasteiger partial charge < -0.3 is 5.32 Å². The molecule has 2 rings (SSSR count). The molecule has 2 nitrogen and oxygen atoms in total. The fourth-order valence-electron chi connectivity index (χ4n) is 1.75. The number of hydrogen-bond acceptors (Lipinski definition) is 2. The summed E-state index contributed by atoms with van der Waals surface area (Å²) in [6.45, 7) is 0.554. The van der Waals surface area contributed by atoms with Crippen LogP contribution < -0.4 is 5.32 Å².